The molecule has 2 atom stereocenters. The monoisotopic (exact) mass is 285 g/mol. The summed E-state index contributed by atoms with van der Waals surface area (Å²) in [4.78, 5) is 35.0. The maximum Gasteiger partial charge on any atom is 0.410 e. The van der Waals surface area contributed by atoms with Crippen LogP contribution in [0, 0.1) is 0 Å². The van der Waals surface area contributed by atoms with E-state index in [1.165, 1.54) is 14.1 Å². The van der Waals surface area contributed by atoms with E-state index >= 15 is 0 Å². The number of esters is 1. The quantitative estimate of drug-likeness (QED) is 0.428. The van der Waals surface area contributed by atoms with E-state index in [1.807, 2.05) is 0 Å². The average Bonchev–Trinajstić information content (AvgIpc) is 2.22. The highest BCUT2D eigenvalue weighted by atomic mass is 16.6. The van der Waals surface area contributed by atoms with Crippen LogP contribution >= 0.6 is 0 Å². The van der Waals surface area contributed by atoms with Crippen LogP contribution in [0.5, 0.6) is 0 Å². The lowest BCUT2D eigenvalue weighted by molar-refractivity contribution is -0.174. The summed E-state index contributed by atoms with van der Waals surface area (Å²) in [6.07, 6.45) is -2.96. The van der Waals surface area contributed by atoms with Crippen molar-refractivity contribution in [2.24, 2.45) is 0 Å². The van der Waals surface area contributed by atoms with Gasteiger partial charge in [0, 0.05) is 20.5 Å². The van der Waals surface area contributed by atoms with Crippen LogP contribution in [0.1, 0.15) is 27.2 Å². The summed E-state index contributed by atoms with van der Waals surface area (Å²) in [5.41, 5.74) is -3.20. The molecular formula is C12H20BNO6. The second-order valence-electron chi connectivity index (χ2n) is 5.55. The number of ether oxygens (including phenoxy) is 2. The lowest BCUT2D eigenvalue weighted by Gasteiger charge is -2.32. The van der Waals surface area contributed by atoms with Gasteiger partial charge in [0.1, 0.15) is 19.7 Å². The van der Waals surface area contributed by atoms with Gasteiger partial charge in [0.05, 0.1) is 5.50 Å². The highest BCUT2D eigenvalue weighted by molar-refractivity contribution is 6.17. The molecule has 8 heteroatoms. The third kappa shape index (κ3) is 6.05. The number of hydrogen-bond donors (Lipinski definition) is 1. The molecule has 1 amide bonds. The van der Waals surface area contributed by atoms with E-state index in [0.717, 1.165) is 4.90 Å². The molecule has 7 nitrogen and oxygen atoms in total. The first-order valence-corrected chi connectivity index (χ1v) is 5.96. The zero-order chi connectivity index (χ0) is 16.1. The van der Waals surface area contributed by atoms with Gasteiger partial charge in [0.25, 0.3) is 0 Å². The van der Waals surface area contributed by atoms with Crippen LogP contribution in [-0.2, 0) is 19.1 Å². The summed E-state index contributed by atoms with van der Waals surface area (Å²) in [6.45, 7) is 4.81. The molecule has 0 heterocycles. The molecule has 0 bridgehead atoms. The first kappa shape index (κ1) is 18.4. The fraction of sp³-hybridized carbons (Fsp3) is 0.750. The molecule has 0 aromatic carbocycles. The number of aliphatic hydroxyl groups is 1. The highest BCUT2D eigenvalue weighted by Crippen LogP contribution is 2.19. The number of hydrogen-bond acceptors (Lipinski definition) is 6. The van der Waals surface area contributed by atoms with Crippen molar-refractivity contribution in [1.29, 1.82) is 0 Å². The topological polar surface area (TPSA) is 93.1 Å². The van der Waals surface area contributed by atoms with E-state index < -0.39 is 35.7 Å². The first-order chi connectivity index (χ1) is 8.90. The Bertz CT molecular complexity index is 375. The van der Waals surface area contributed by atoms with Crippen molar-refractivity contribution in [1.82, 2.24) is 4.90 Å². The smallest absolute Gasteiger partial charge is 0.410 e. The maximum absolute atomic E-state index is 12.0. The van der Waals surface area contributed by atoms with Crippen molar-refractivity contribution >= 4 is 26.2 Å². The van der Waals surface area contributed by atoms with Crippen molar-refractivity contribution in [2.45, 2.75) is 44.4 Å². The number of aldehydes is 1. The third-order valence-electron chi connectivity index (χ3n) is 2.07. The van der Waals surface area contributed by atoms with E-state index in [1.54, 1.807) is 20.8 Å². The Morgan fingerprint density at radius 3 is 2.20 bits per heavy atom. The summed E-state index contributed by atoms with van der Waals surface area (Å²) in [5.74, 6) is -1.03. The van der Waals surface area contributed by atoms with Gasteiger partial charge < -0.3 is 24.3 Å². The van der Waals surface area contributed by atoms with Gasteiger partial charge in [-0.3, -0.25) is 0 Å². The molecule has 0 aliphatic heterocycles. The molecule has 1 N–H and O–H groups in total. The van der Waals surface area contributed by atoms with Gasteiger partial charge in [-0.1, -0.05) is 0 Å². The molecule has 2 radical (unpaired) electrons. The van der Waals surface area contributed by atoms with Crippen molar-refractivity contribution in [3.05, 3.63) is 0 Å². The molecular weight excluding hydrogens is 265 g/mol. The van der Waals surface area contributed by atoms with Crippen LogP contribution in [-0.4, -0.2) is 67.5 Å². The molecule has 0 rings (SSSR count). The minimum Gasteiger partial charge on any atom is -0.457 e. The number of carbonyl (C=O) groups excluding carboxylic acids is 3. The molecule has 0 aliphatic rings. The van der Waals surface area contributed by atoms with Crippen molar-refractivity contribution in [3.8, 4) is 0 Å². The Labute approximate surface area is 119 Å². The Morgan fingerprint density at radius 2 is 1.85 bits per heavy atom. The standard InChI is InChI=1S/C12H20BNO6/c1-11(2,3)20-9(16)8(12(13,18)6-7-15)19-10(17)14(4)5/h7-8,18H,6H2,1-5H3. The highest BCUT2D eigenvalue weighted by Gasteiger charge is 2.42. The fourth-order valence-electron chi connectivity index (χ4n) is 1.16. The SMILES string of the molecule is [B]C(O)(CC=O)C(OC(=O)N(C)C)C(=O)OC(C)(C)C. The second-order valence-corrected chi connectivity index (χ2v) is 5.55. The predicted octanol–water partition coefficient (Wildman–Crippen LogP) is -0.159. The van der Waals surface area contributed by atoms with Gasteiger partial charge in [-0.25, -0.2) is 9.59 Å². The molecule has 0 fully saturated rings. The summed E-state index contributed by atoms with van der Waals surface area (Å²) in [5, 5.41) is 9.92. The molecule has 0 saturated carbocycles. The van der Waals surface area contributed by atoms with Crippen LogP contribution in [0.4, 0.5) is 4.79 Å². The predicted molar refractivity (Wildman–Crippen MR) is 71.2 cm³/mol. The molecule has 0 aromatic rings. The molecule has 112 valence electrons. The molecule has 20 heavy (non-hydrogen) atoms. The van der Waals surface area contributed by atoms with E-state index in [-0.39, 0.29) is 0 Å². The van der Waals surface area contributed by atoms with Gasteiger partial charge in [0.15, 0.2) is 0 Å². The lowest BCUT2D eigenvalue weighted by atomic mass is 9.74. The van der Waals surface area contributed by atoms with Crippen molar-refractivity contribution < 1.29 is 29.0 Å². The third-order valence-corrected chi connectivity index (χ3v) is 2.07. The summed E-state index contributed by atoms with van der Waals surface area (Å²) in [7, 11) is 8.25. The van der Waals surface area contributed by atoms with Gasteiger partial charge >= 0.3 is 12.1 Å². The van der Waals surface area contributed by atoms with E-state index in [9.17, 15) is 19.5 Å². The summed E-state index contributed by atoms with van der Waals surface area (Å²) in [6, 6.07) is 0. The summed E-state index contributed by atoms with van der Waals surface area (Å²) >= 11 is 0. The van der Waals surface area contributed by atoms with Crippen LogP contribution in [0.15, 0.2) is 0 Å². The van der Waals surface area contributed by atoms with Crippen LogP contribution < -0.4 is 0 Å². The molecule has 2 unspecified atom stereocenters. The molecule has 0 saturated heterocycles. The van der Waals surface area contributed by atoms with Gasteiger partial charge in [0.2, 0.25) is 6.10 Å². The number of carbonyl (C=O) groups is 3. The van der Waals surface area contributed by atoms with Crippen LogP contribution in [0.3, 0.4) is 0 Å². The Hall–Kier alpha value is -1.57. The zero-order valence-electron chi connectivity index (χ0n) is 12.4. The van der Waals surface area contributed by atoms with Crippen LogP contribution in [0.25, 0.3) is 0 Å². The number of nitrogens with zero attached hydrogens (tertiary/aromatic N) is 1. The second kappa shape index (κ2) is 6.74. The minimum atomic E-state index is -2.34. The Morgan fingerprint density at radius 1 is 1.35 bits per heavy atom. The van der Waals surface area contributed by atoms with Gasteiger partial charge in [-0.15, -0.1) is 0 Å². The largest absolute Gasteiger partial charge is 0.457 e. The van der Waals surface area contributed by atoms with E-state index in [0.29, 0.717) is 6.29 Å². The van der Waals surface area contributed by atoms with Crippen molar-refractivity contribution in [2.75, 3.05) is 14.1 Å². The fourth-order valence-corrected chi connectivity index (χ4v) is 1.16. The normalized spacial score (nSPS) is 15.7. The van der Waals surface area contributed by atoms with Gasteiger partial charge in [-0.2, -0.15) is 0 Å². The molecule has 0 spiro atoms. The van der Waals surface area contributed by atoms with Crippen LogP contribution in [0.2, 0.25) is 0 Å². The molecule has 0 aliphatic carbocycles. The number of amides is 1. The Balaban J connectivity index is 5.20. The molecule has 0 aromatic heterocycles. The van der Waals surface area contributed by atoms with Gasteiger partial charge in [-0.05, 0) is 20.8 Å². The first-order valence-electron chi connectivity index (χ1n) is 5.96. The van der Waals surface area contributed by atoms with E-state index in [2.05, 4.69) is 0 Å². The zero-order valence-corrected chi connectivity index (χ0v) is 12.4. The number of rotatable bonds is 5. The average molecular weight is 285 g/mol. The van der Waals surface area contributed by atoms with E-state index in [4.69, 9.17) is 17.3 Å². The Kier molecular flexibility index (Phi) is 6.21. The van der Waals surface area contributed by atoms with Crippen molar-refractivity contribution in [3.63, 3.8) is 0 Å². The lowest BCUT2D eigenvalue weighted by Crippen LogP contribution is -2.53. The maximum atomic E-state index is 12.0. The summed E-state index contributed by atoms with van der Waals surface area (Å²) < 4.78 is 9.84. The minimum absolute atomic E-state index is 0.320.